The molecule has 1 aromatic heterocycles. The molecule has 0 saturated carbocycles. The molecular weight excluding hydrogens is 289 g/mol. The topological polar surface area (TPSA) is 37.8 Å². The maximum atomic E-state index is 5.87. The van der Waals surface area contributed by atoms with Crippen molar-refractivity contribution in [2.45, 2.75) is 6.54 Å². The molecule has 0 aliphatic carbocycles. The van der Waals surface area contributed by atoms with Gasteiger partial charge < -0.3 is 5.32 Å². The van der Waals surface area contributed by atoms with E-state index in [9.17, 15) is 0 Å². The van der Waals surface area contributed by atoms with Gasteiger partial charge >= 0.3 is 0 Å². The molecule has 1 heterocycles. The van der Waals surface area contributed by atoms with E-state index in [1.807, 2.05) is 24.3 Å². The van der Waals surface area contributed by atoms with Gasteiger partial charge in [0.25, 0.3) is 0 Å². The first kappa shape index (κ1) is 11.4. The molecule has 2 rings (SSSR count). The van der Waals surface area contributed by atoms with Crippen LogP contribution in [0.1, 0.15) is 5.56 Å². The van der Waals surface area contributed by atoms with E-state index in [4.69, 9.17) is 11.6 Å². The third-order valence-electron chi connectivity index (χ3n) is 2.03. The number of halogens is 2. The van der Waals surface area contributed by atoms with Gasteiger partial charge in [-0.1, -0.05) is 39.7 Å². The van der Waals surface area contributed by atoms with E-state index >= 15 is 0 Å². The van der Waals surface area contributed by atoms with Crippen LogP contribution in [0.15, 0.2) is 41.1 Å². The van der Waals surface area contributed by atoms with Crippen molar-refractivity contribution in [3.05, 3.63) is 51.8 Å². The minimum absolute atomic E-state index is 0.389. The van der Waals surface area contributed by atoms with Crippen LogP contribution in [-0.4, -0.2) is 9.97 Å². The Kier molecular flexibility index (Phi) is 3.74. The molecular formula is C11H9BrClN3. The monoisotopic (exact) mass is 297 g/mol. The van der Waals surface area contributed by atoms with Crippen molar-refractivity contribution >= 4 is 33.3 Å². The molecule has 0 unspecified atom stereocenters. The van der Waals surface area contributed by atoms with Crippen molar-refractivity contribution < 1.29 is 0 Å². The number of hydrogen-bond donors (Lipinski definition) is 1. The van der Waals surface area contributed by atoms with Crippen LogP contribution in [0.4, 0.5) is 5.82 Å². The maximum Gasteiger partial charge on any atom is 0.171 e. The Balaban J connectivity index is 2.02. The van der Waals surface area contributed by atoms with Gasteiger partial charge in [-0.25, -0.2) is 9.97 Å². The van der Waals surface area contributed by atoms with Gasteiger partial charge in [-0.3, -0.25) is 0 Å². The summed E-state index contributed by atoms with van der Waals surface area (Å²) >= 11 is 9.26. The van der Waals surface area contributed by atoms with Gasteiger partial charge in [0.15, 0.2) is 11.0 Å². The summed E-state index contributed by atoms with van der Waals surface area (Å²) in [4.78, 5) is 8.03. The van der Waals surface area contributed by atoms with Crippen LogP contribution >= 0.6 is 27.5 Å². The van der Waals surface area contributed by atoms with Gasteiger partial charge in [0.05, 0.1) is 0 Å². The van der Waals surface area contributed by atoms with Crippen LogP contribution < -0.4 is 5.32 Å². The zero-order valence-electron chi connectivity index (χ0n) is 8.32. The summed E-state index contributed by atoms with van der Waals surface area (Å²) in [5, 5.41) is 3.52. The predicted octanol–water partition coefficient (Wildman–Crippen LogP) is 3.50. The van der Waals surface area contributed by atoms with Crippen LogP contribution in [0.3, 0.4) is 0 Å². The normalized spacial score (nSPS) is 10.1. The van der Waals surface area contributed by atoms with E-state index < -0.39 is 0 Å². The highest BCUT2D eigenvalue weighted by Gasteiger charge is 2.00. The minimum atomic E-state index is 0.389. The first-order valence-electron chi connectivity index (χ1n) is 4.70. The smallest absolute Gasteiger partial charge is 0.171 e. The lowest BCUT2D eigenvalue weighted by Gasteiger charge is -2.06. The number of anilines is 1. The number of benzene rings is 1. The largest absolute Gasteiger partial charge is 0.363 e. The fourth-order valence-corrected chi connectivity index (χ4v) is 1.66. The van der Waals surface area contributed by atoms with Gasteiger partial charge in [0.2, 0.25) is 0 Å². The van der Waals surface area contributed by atoms with Gasteiger partial charge in [0.1, 0.15) is 0 Å². The minimum Gasteiger partial charge on any atom is -0.363 e. The molecule has 0 aliphatic heterocycles. The lowest BCUT2D eigenvalue weighted by Crippen LogP contribution is -2.02. The SMILES string of the molecule is Clc1nccnc1NCc1ccc(Br)cc1. The molecule has 0 saturated heterocycles. The highest BCUT2D eigenvalue weighted by molar-refractivity contribution is 9.10. The zero-order valence-corrected chi connectivity index (χ0v) is 10.7. The van der Waals surface area contributed by atoms with Crippen LogP contribution in [0.25, 0.3) is 0 Å². The van der Waals surface area contributed by atoms with Crippen molar-refractivity contribution in [3.8, 4) is 0 Å². The molecule has 1 aromatic carbocycles. The standard InChI is InChI=1S/C11H9BrClN3/c12-9-3-1-8(2-4-9)7-16-11-10(13)14-5-6-15-11/h1-6H,7H2,(H,15,16). The second-order valence-corrected chi connectivity index (χ2v) is 4.45. The molecule has 0 bridgehead atoms. The average molecular weight is 299 g/mol. The third kappa shape index (κ3) is 2.93. The summed E-state index contributed by atoms with van der Waals surface area (Å²) in [6.45, 7) is 0.672. The molecule has 0 spiro atoms. The Bertz CT molecular complexity index is 473. The summed E-state index contributed by atoms with van der Waals surface area (Å²) in [6, 6.07) is 8.05. The highest BCUT2D eigenvalue weighted by atomic mass is 79.9. The van der Waals surface area contributed by atoms with Gasteiger partial charge in [-0.2, -0.15) is 0 Å². The molecule has 0 aliphatic rings. The van der Waals surface area contributed by atoms with Gasteiger partial charge in [-0.15, -0.1) is 0 Å². The van der Waals surface area contributed by atoms with Crippen LogP contribution in [0, 0.1) is 0 Å². The lowest BCUT2D eigenvalue weighted by molar-refractivity contribution is 1.09. The molecule has 16 heavy (non-hydrogen) atoms. The number of nitrogens with zero attached hydrogens (tertiary/aromatic N) is 2. The average Bonchev–Trinajstić information content (AvgIpc) is 2.30. The highest BCUT2D eigenvalue weighted by Crippen LogP contribution is 2.16. The van der Waals surface area contributed by atoms with Crippen molar-refractivity contribution in [2.75, 3.05) is 5.32 Å². The molecule has 0 amide bonds. The van der Waals surface area contributed by atoms with Crippen molar-refractivity contribution in [1.29, 1.82) is 0 Å². The number of nitrogens with one attached hydrogen (secondary N) is 1. The van der Waals surface area contributed by atoms with E-state index in [0.717, 1.165) is 10.0 Å². The van der Waals surface area contributed by atoms with Crippen molar-refractivity contribution in [1.82, 2.24) is 9.97 Å². The van der Waals surface area contributed by atoms with E-state index in [-0.39, 0.29) is 0 Å². The third-order valence-corrected chi connectivity index (χ3v) is 2.83. The summed E-state index contributed by atoms with van der Waals surface area (Å²) in [5.41, 5.74) is 1.16. The van der Waals surface area contributed by atoms with Crippen LogP contribution in [-0.2, 0) is 6.54 Å². The Hall–Kier alpha value is -1.13. The number of rotatable bonds is 3. The van der Waals surface area contributed by atoms with Crippen LogP contribution in [0.5, 0.6) is 0 Å². The summed E-state index contributed by atoms with van der Waals surface area (Å²) < 4.78 is 1.06. The first-order valence-corrected chi connectivity index (χ1v) is 5.87. The van der Waals surface area contributed by atoms with E-state index in [1.54, 1.807) is 12.4 Å². The molecule has 0 radical (unpaired) electrons. The summed E-state index contributed by atoms with van der Waals surface area (Å²) in [6.07, 6.45) is 3.17. The fourth-order valence-electron chi connectivity index (χ4n) is 1.23. The molecule has 5 heteroatoms. The maximum absolute atomic E-state index is 5.87. The summed E-state index contributed by atoms with van der Waals surface area (Å²) in [5.74, 6) is 0.604. The lowest BCUT2D eigenvalue weighted by atomic mass is 10.2. The molecule has 3 nitrogen and oxygen atoms in total. The molecule has 1 N–H and O–H groups in total. The Morgan fingerprint density at radius 2 is 1.81 bits per heavy atom. The first-order chi connectivity index (χ1) is 7.75. The van der Waals surface area contributed by atoms with Crippen molar-refractivity contribution in [3.63, 3.8) is 0 Å². The number of hydrogen-bond acceptors (Lipinski definition) is 3. The fraction of sp³-hybridized carbons (Fsp3) is 0.0909. The van der Waals surface area contributed by atoms with E-state index in [0.29, 0.717) is 17.5 Å². The van der Waals surface area contributed by atoms with Crippen LogP contribution in [0.2, 0.25) is 5.15 Å². The molecule has 0 fully saturated rings. The molecule has 2 aromatic rings. The van der Waals surface area contributed by atoms with E-state index in [1.165, 1.54) is 0 Å². The van der Waals surface area contributed by atoms with E-state index in [2.05, 4.69) is 31.2 Å². The Morgan fingerprint density at radius 3 is 2.50 bits per heavy atom. The summed E-state index contributed by atoms with van der Waals surface area (Å²) in [7, 11) is 0. The second-order valence-electron chi connectivity index (χ2n) is 3.18. The Morgan fingerprint density at radius 1 is 1.12 bits per heavy atom. The van der Waals surface area contributed by atoms with Gasteiger partial charge in [-0.05, 0) is 17.7 Å². The molecule has 82 valence electrons. The zero-order chi connectivity index (χ0) is 11.4. The number of aromatic nitrogens is 2. The predicted molar refractivity (Wildman–Crippen MR) is 68.5 cm³/mol. The second kappa shape index (κ2) is 5.27. The quantitative estimate of drug-likeness (QED) is 0.942. The molecule has 0 atom stereocenters. The van der Waals surface area contributed by atoms with Crippen molar-refractivity contribution in [2.24, 2.45) is 0 Å². The van der Waals surface area contributed by atoms with Gasteiger partial charge in [0, 0.05) is 23.4 Å². The Labute approximate surface area is 107 Å².